The Morgan fingerprint density at radius 1 is 1.43 bits per heavy atom. The lowest BCUT2D eigenvalue weighted by Gasteiger charge is -2.12. The van der Waals surface area contributed by atoms with Crippen molar-refractivity contribution in [1.29, 1.82) is 0 Å². The van der Waals surface area contributed by atoms with Gasteiger partial charge >= 0.3 is 0 Å². The number of nitrogen functional groups attached to an aromatic ring is 1. The van der Waals surface area contributed by atoms with Gasteiger partial charge in [-0.3, -0.25) is 14.9 Å². The first-order chi connectivity index (χ1) is 9.90. The molecule has 1 amide bonds. The Morgan fingerprint density at radius 3 is 2.76 bits per heavy atom. The molecule has 3 N–H and O–H groups in total. The predicted molar refractivity (Wildman–Crippen MR) is 78.1 cm³/mol. The van der Waals surface area contributed by atoms with Crippen LogP contribution in [0.1, 0.15) is 30.2 Å². The van der Waals surface area contributed by atoms with Crippen LogP contribution < -0.4 is 11.1 Å². The molecular formula is C13H15N5O3. The lowest BCUT2D eigenvalue weighted by Crippen LogP contribution is -2.18. The lowest BCUT2D eigenvalue weighted by molar-refractivity contribution is -0.385. The molecule has 21 heavy (non-hydrogen) atoms. The van der Waals surface area contributed by atoms with E-state index in [1.165, 1.54) is 18.2 Å². The standard InChI is InChI=1S/C13H15N5O3/c1-8(2)17-12(5-6-15-17)16-13(19)10-7-9(14)3-4-11(10)18(20)21/h3-8H,14H2,1-2H3,(H,16,19). The molecule has 1 aromatic heterocycles. The number of nitrogens with one attached hydrogen (secondary N) is 1. The second kappa shape index (κ2) is 5.61. The highest BCUT2D eigenvalue weighted by Crippen LogP contribution is 2.23. The molecule has 1 aromatic carbocycles. The van der Waals surface area contributed by atoms with Crippen molar-refractivity contribution in [2.75, 3.05) is 11.1 Å². The van der Waals surface area contributed by atoms with E-state index in [4.69, 9.17) is 5.73 Å². The maximum atomic E-state index is 12.3. The fraction of sp³-hybridized carbons (Fsp3) is 0.231. The van der Waals surface area contributed by atoms with Gasteiger partial charge in [0.05, 0.1) is 11.1 Å². The van der Waals surface area contributed by atoms with Gasteiger partial charge in [-0.25, -0.2) is 4.68 Å². The molecule has 1 heterocycles. The van der Waals surface area contributed by atoms with Crippen molar-refractivity contribution in [1.82, 2.24) is 9.78 Å². The highest BCUT2D eigenvalue weighted by molar-refractivity contribution is 6.07. The SMILES string of the molecule is CC(C)n1nccc1NC(=O)c1cc(N)ccc1[N+](=O)[O-]. The zero-order chi connectivity index (χ0) is 15.6. The van der Waals surface area contributed by atoms with Gasteiger partial charge in [0.2, 0.25) is 0 Å². The number of benzene rings is 1. The van der Waals surface area contributed by atoms with Gasteiger partial charge in [0.1, 0.15) is 11.4 Å². The van der Waals surface area contributed by atoms with Crippen LogP contribution in [0.15, 0.2) is 30.5 Å². The summed E-state index contributed by atoms with van der Waals surface area (Å²) in [5.41, 5.74) is 5.50. The molecule has 0 atom stereocenters. The van der Waals surface area contributed by atoms with Crippen LogP contribution in [-0.4, -0.2) is 20.6 Å². The van der Waals surface area contributed by atoms with E-state index < -0.39 is 10.8 Å². The smallest absolute Gasteiger partial charge is 0.282 e. The van der Waals surface area contributed by atoms with Gasteiger partial charge in [-0.1, -0.05) is 0 Å². The van der Waals surface area contributed by atoms with Crippen LogP contribution in [0.3, 0.4) is 0 Å². The minimum absolute atomic E-state index is 0.0473. The number of aromatic nitrogens is 2. The molecule has 0 radical (unpaired) electrons. The van der Waals surface area contributed by atoms with Crippen LogP contribution in [-0.2, 0) is 0 Å². The van der Waals surface area contributed by atoms with Gasteiger partial charge in [-0.15, -0.1) is 0 Å². The quantitative estimate of drug-likeness (QED) is 0.508. The second-order valence-corrected chi connectivity index (χ2v) is 4.74. The number of nitro groups is 1. The fourth-order valence-corrected chi connectivity index (χ4v) is 1.90. The number of carbonyl (C=O) groups is 1. The lowest BCUT2D eigenvalue weighted by atomic mass is 10.1. The number of carbonyl (C=O) groups excluding carboxylic acids is 1. The maximum absolute atomic E-state index is 12.3. The number of hydrogen-bond donors (Lipinski definition) is 2. The van der Waals surface area contributed by atoms with Crippen LogP contribution in [0.2, 0.25) is 0 Å². The first kappa shape index (κ1) is 14.5. The van der Waals surface area contributed by atoms with Crippen molar-refractivity contribution in [2.45, 2.75) is 19.9 Å². The van der Waals surface area contributed by atoms with Gasteiger partial charge in [0.15, 0.2) is 0 Å². The van der Waals surface area contributed by atoms with E-state index in [1.54, 1.807) is 16.9 Å². The molecule has 0 aliphatic carbocycles. The topological polar surface area (TPSA) is 116 Å². The summed E-state index contributed by atoms with van der Waals surface area (Å²) in [5.74, 6) is -0.136. The van der Waals surface area contributed by atoms with Crippen molar-refractivity contribution in [3.63, 3.8) is 0 Å². The molecular weight excluding hydrogens is 274 g/mol. The van der Waals surface area contributed by atoms with Gasteiger partial charge in [0.25, 0.3) is 11.6 Å². The van der Waals surface area contributed by atoms with Crippen LogP contribution in [0.4, 0.5) is 17.2 Å². The Balaban J connectivity index is 2.34. The maximum Gasteiger partial charge on any atom is 0.282 e. The van der Waals surface area contributed by atoms with Crippen LogP contribution >= 0.6 is 0 Å². The first-order valence-electron chi connectivity index (χ1n) is 6.29. The van der Waals surface area contributed by atoms with Crippen molar-refractivity contribution < 1.29 is 9.72 Å². The summed E-state index contributed by atoms with van der Waals surface area (Å²) in [6.07, 6.45) is 1.55. The number of rotatable bonds is 4. The van der Waals surface area contributed by atoms with E-state index >= 15 is 0 Å². The average Bonchev–Trinajstić information content (AvgIpc) is 2.86. The van der Waals surface area contributed by atoms with E-state index in [-0.39, 0.29) is 23.0 Å². The Kier molecular flexibility index (Phi) is 3.88. The molecule has 0 spiro atoms. The average molecular weight is 289 g/mol. The summed E-state index contributed by atoms with van der Waals surface area (Å²) >= 11 is 0. The number of anilines is 2. The second-order valence-electron chi connectivity index (χ2n) is 4.74. The molecule has 0 unspecified atom stereocenters. The Hall–Kier alpha value is -2.90. The number of nitrogens with zero attached hydrogens (tertiary/aromatic N) is 3. The first-order valence-corrected chi connectivity index (χ1v) is 6.29. The highest BCUT2D eigenvalue weighted by Gasteiger charge is 2.21. The summed E-state index contributed by atoms with van der Waals surface area (Å²) in [4.78, 5) is 22.6. The molecule has 8 heteroatoms. The van der Waals surface area contributed by atoms with E-state index in [0.717, 1.165) is 0 Å². The molecule has 0 aliphatic heterocycles. The molecule has 2 aromatic rings. The zero-order valence-electron chi connectivity index (χ0n) is 11.6. The third-order valence-electron chi connectivity index (χ3n) is 2.86. The third-order valence-corrected chi connectivity index (χ3v) is 2.86. The van der Waals surface area contributed by atoms with E-state index in [9.17, 15) is 14.9 Å². The molecule has 110 valence electrons. The Labute approximate surface area is 120 Å². The minimum atomic E-state index is -0.617. The van der Waals surface area contributed by atoms with E-state index in [2.05, 4.69) is 10.4 Å². The molecule has 0 saturated heterocycles. The number of nitro benzene ring substituents is 1. The predicted octanol–water partition coefficient (Wildman–Crippen LogP) is 2.21. The van der Waals surface area contributed by atoms with E-state index in [1.807, 2.05) is 13.8 Å². The third kappa shape index (κ3) is 2.99. The van der Waals surface area contributed by atoms with E-state index in [0.29, 0.717) is 5.82 Å². The monoisotopic (exact) mass is 289 g/mol. The summed E-state index contributed by atoms with van der Waals surface area (Å²) < 4.78 is 1.61. The summed E-state index contributed by atoms with van der Waals surface area (Å²) in [5, 5.41) is 17.7. The van der Waals surface area contributed by atoms with Crippen LogP contribution in [0, 0.1) is 10.1 Å². The number of hydrogen-bond acceptors (Lipinski definition) is 5. The number of amides is 1. The number of nitrogens with two attached hydrogens (primary N) is 1. The summed E-state index contributed by atoms with van der Waals surface area (Å²) in [6, 6.07) is 5.54. The van der Waals surface area contributed by atoms with Gasteiger partial charge < -0.3 is 11.1 Å². The van der Waals surface area contributed by atoms with Gasteiger partial charge in [-0.2, -0.15) is 5.10 Å². The largest absolute Gasteiger partial charge is 0.399 e. The van der Waals surface area contributed by atoms with Crippen molar-refractivity contribution >= 4 is 23.1 Å². The van der Waals surface area contributed by atoms with Crippen LogP contribution in [0.25, 0.3) is 0 Å². The summed E-state index contributed by atoms with van der Waals surface area (Å²) in [6.45, 7) is 3.82. The normalized spacial score (nSPS) is 10.6. The van der Waals surface area contributed by atoms with Gasteiger partial charge in [-0.05, 0) is 26.0 Å². The van der Waals surface area contributed by atoms with Crippen molar-refractivity contribution in [3.8, 4) is 0 Å². The zero-order valence-corrected chi connectivity index (χ0v) is 11.6. The van der Waals surface area contributed by atoms with Crippen LogP contribution in [0.5, 0.6) is 0 Å². The fourth-order valence-electron chi connectivity index (χ4n) is 1.90. The molecule has 2 rings (SSSR count). The molecule has 0 saturated carbocycles. The molecule has 0 fully saturated rings. The van der Waals surface area contributed by atoms with Crippen molar-refractivity contribution in [2.24, 2.45) is 0 Å². The molecule has 0 aliphatic rings. The van der Waals surface area contributed by atoms with Crippen molar-refractivity contribution in [3.05, 3.63) is 46.1 Å². The molecule has 0 bridgehead atoms. The highest BCUT2D eigenvalue weighted by atomic mass is 16.6. The minimum Gasteiger partial charge on any atom is -0.399 e. The Morgan fingerprint density at radius 2 is 2.14 bits per heavy atom. The summed E-state index contributed by atoms with van der Waals surface area (Å²) in [7, 11) is 0. The Bertz CT molecular complexity index is 693. The van der Waals surface area contributed by atoms with Gasteiger partial charge in [0, 0.05) is 23.9 Å². The molecule has 8 nitrogen and oxygen atoms in total.